The van der Waals surface area contributed by atoms with Crippen LogP contribution in [0, 0.1) is 10.6 Å². The highest BCUT2D eigenvalue weighted by Gasteiger charge is 2.68. The summed E-state index contributed by atoms with van der Waals surface area (Å²) in [7, 11) is 0. The molecule has 0 aliphatic carbocycles. The predicted octanol–water partition coefficient (Wildman–Crippen LogP) is 2.63. The van der Waals surface area contributed by atoms with Gasteiger partial charge in [-0.15, -0.1) is 0 Å². The third-order valence-electron chi connectivity index (χ3n) is 5.03. The normalized spacial score (nSPS) is 17.4. The monoisotopic (exact) mass is 479 g/mol. The molecule has 3 N–H and O–H groups in total. The van der Waals surface area contributed by atoms with Crippen molar-refractivity contribution >= 4 is 29.9 Å². The molecular weight excluding hydrogens is 466 g/mol. The summed E-state index contributed by atoms with van der Waals surface area (Å²) in [6, 6.07) is 8.47. The van der Waals surface area contributed by atoms with Crippen LogP contribution in [0.25, 0.3) is 0 Å². The van der Waals surface area contributed by atoms with Crippen molar-refractivity contribution in [2.24, 2.45) is 0 Å². The van der Waals surface area contributed by atoms with E-state index in [1.165, 1.54) is 6.20 Å². The van der Waals surface area contributed by atoms with Crippen molar-refractivity contribution in [3.8, 4) is 0 Å². The molecule has 13 heteroatoms. The molecule has 0 unspecified atom stereocenters. The maximum atomic E-state index is 14.4. The van der Waals surface area contributed by atoms with Gasteiger partial charge in [0.1, 0.15) is 17.2 Å². The van der Waals surface area contributed by atoms with Crippen LogP contribution in [0.2, 0.25) is 0 Å². The van der Waals surface area contributed by atoms with Crippen LogP contribution in [0.5, 0.6) is 0 Å². The summed E-state index contributed by atoms with van der Waals surface area (Å²) in [5, 5.41) is 3.69. The van der Waals surface area contributed by atoms with Crippen LogP contribution in [-0.2, 0) is 16.9 Å². The number of H-pyrrole nitrogens is 1. The minimum absolute atomic E-state index is 0.168. The molecule has 0 radical (unpaired) electrons. The molecular formula is C20H13F4N5O3S. The van der Waals surface area contributed by atoms with E-state index in [9.17, 15) is 31.9 Å². The highest BCUT2D eigenvalue weighted by atomic mass is 32.1. The van der Waals surface area contributed by atoms with Gasteiger partial charge in [0.25, 0.3) is 22.9 Å². The summed E-state index contributed by atoms with van der Waals surface area (Å²) < 4.78 is 57.1. The Labute approximate surface area is 187 Å². The molecule has 8 nitrogen and oxygen atoms in total. The third kappa shape index (κ3) is 3.69. The molecule has 3 heterocycles. The van der Waals surface area contributed by atoms with E-state index in [2.05, 4.69) is 9.97 Å². The number of fused-ring (bicyclic) bond motifs is 1. The lowest BCUT2D eigenvalue weighted by atomic mass is 9.91. The van der Waals surface area contributed by atoms with Gasteiger partial charge in [0, 0.05) is 11.8 Å². The van der Waals surface area contributed by atoms with Crippen LogP contribution in [-0.4, -0.2) is 32.5 Å². The molecule has 3 aromatic rings. The van der Waals surface area contributed by atoms with Crippen molar-refractivity contribution in [1.29, 1.82) is 0 Å². The number of aromatic amines is 1. The highest BCUT2D eigenvalue weighted by Crippen LogP contribution is 2.45. The van der Waals surface area contributed by atoms with E-state index in [-0.39, 0.29) is 16.9 Å². The number of aromatic nitrogens is 3. The van der Waals surface area contributed by atoms with Gasteiger partial charge in [-0.25, -0.2) is 4.39 Å². The Morgan fingerprint density at radius 3 is 2.45 bits per heavy atom. The number of anilines is 1. The van der Waals surface area contributed by atoms with Crippen molar-refractivity contribution in [3.63, 3.8) is 0 Å². The number of hydrogen-bond acceptors (Lipinski definition) is 5. The molecule has 0 saturated heterocycles. The Morgan fingerprint density at radius 1 is 1.15 bits per heavy atom. The lowest BCUT2D eigenvalue weighted by molar-refractivity contribution is -0.196. The zero-order valence-corrected chi connectivity index (χ0v) is 17.2. The van der Waals surface area contributed by atoms with Gasteiger partial charge in [-0.1, -0.05) is 6.07 Å². The minimum atomic E-state index is -5.42. The number of nitrogens with one attached hydrogen (secondary N) is 3. The Balaban J connectivity index is 1.89. The first-order valence-corrected chi connectivity index (χ1v) is 9.69. The number of benzene rings is 1. The first-order chi connectivity index (χ1) is 15.5. The molecule has 1 aliphatic heterocycles. The maximum absolute atomic E-state index is 14.4. The standard InChI is InChI=1S/C20H13F4N5O3S/c21-11-6-4-10(5-7-11)15(30)28-19(20(22,23)24)13-14(26-17(19)32)29(18(33)27-16(13)31)9-12-3-1-2-8-25-12/h1-8H,9H2,(H,26,32)(H,28,30)(H,27,31,33)/t19-/m0/s1. The van der Waals surface area contributed by atoms with Crippen molar-refractivity contribution < 1.29 is 27.2 Å². The molecule has 2 amide bonds. The largest absolute Gasteiger partial charge is 0.425 e. The summed E-state index contributed by atoms with van der Waals surface area (Å²) in [6.45, 7) is -0.168. The predicted molar refractivity (Wildman–Crippen MR) is 109 cm³/mol. The second-order valence-corrected chi connectivity index (χ2v) is 7.44. The van der Waals surface area contributed by atoms with E-state index in [1.807, 2.05) is 5.32 Å². The molecule has 2 aromatic heterocycles. The fourth-order valence-corrected chi connectivity index (χ4v) is 3.72. The van der Waals surface area contributed by atoms with Gasteiger partial charge < -0.3 is 10.6 Å². The molecule has 33 heavy (non-hydrogen) atoms. The van der Waals surface area contributed by atoms with Crippen molar-refractivity contribution in [2.45, 2.75) is 18.3 Å². The highest BCUT2D eigenvalue weighted by molar-refractivity contribution is 7.71. The van der Waals surface area contributed by atoms with Gasteiger partial charge >= 0.3 is 6.18 Å². The lowest BCUT2D eigenvalue weighted by Gasteiger charge is -2.30. The number of amides is 2. The zero-order chi connectivity index (χ0) is 24.0. The van der Waals surface area contributed by atoms with Crippen molar-refractivity contribution in [2.75, 3.05) is 5.32 Å². The molecule has 0 spiro atoms. The number of hydrogen-bond donors (Lipinski definition) is 3. The van der Waals surface area contributed by atoms with Gasteiger partial charge in [0.15, 0.2) is 4.77 Å². The summed E-state index contributed by atoms with van der Waals surface area (Å²) in [6.07, 6.45) is -3.97. The fourth-order valence-electron chi connectivity index (χ4n) is 3.47. The quantitative estimate of drug-likeness (QED) is 0.394. The number of carbonyl (C=O) groups excluding carboxylic acids is 2. The van der Waals surface area contributed by atoms with Gasteiger partial charge in [-0.2, -0.15) is 13.2 Å². The first-order valence-electron chi connectivity index (χ1n) is 9.28. The van der Waals surface area contributed by atoms with Crippen molar-refractivity contribution in [1.82, 2.24) is 19.9 Å². The average Bonchev–Trinajstić information content (AvgIpc) is 3.05. The summed E-state index contributed by atoms with van der Waals surface area (Å²) in [5.41, 5.74) is -6.05. The topological polar surface area (TPSA) is 109 Å². The average molecular weight is 479 g/mol. The summed E-state index contributed by atoms with van der Waals surface area (Å²) in [5.74, 6) is -4.27. The van der Waals surface area contributed by atoms with Gasteiger partial charge in [0.05, 0.1) is 12.2 Å². The van der Waals surface area contributed by atoms with E-state index in [0.29, 0.717) is 5.69 Å². The third-order valence-corrected chi connectivity index (χ3v) is 5.35. The van der Waals surface area contributed by atoms with Crippen LogP contribution in [0.4, 0.5) is 23.4 Å². The van der Waals surface area contributed by atoms with Gasteiger partial charge in [0.2, 0.25) is 0 Å². The Bertz CT molecular complexity index is 1370. The van der Waals surface area contributed by atoms with E-state index in [4.69, 9.17) is 12.2 Å². The number of carbonyl (C=O) groups is 2. The summed E-state index contributed by atoms with van der Waals surface area (Å²) in [4.78, 5) is 44.2. The Kier molecular flexibility index (Phi) is 5.36. The number of rotatable bonds is 4. The zero-order valence-electron chi connectivity index (χ0n) is 16.4. The van der Waals surface area contributed by atoms with Gasteiger partial charge in [-0.3, -0.25) is 28.9 Å². The first kappa shape index (κ1) is 22.3. The Hall–Kier alpha value is -3.87. The SMILES string of the molecule is O=C(N[C@]1(C(F)(F)F)C(=O)Nc2c1c(=O)[nH]c(=S)n2Cc1ccccn1)c1ccc(F)cc1. The van der Waals surface area contributed by atoms with Crippen LogP contribution >= 0.6 is 12.2 Å². The fraction of sp³-hybridized carbons (Fsp3) is 0.150. The summed E-state index contributed by atoms with van der Waals surface area (Å²) >= 11 is 5.09. The van der Waals surface area contributed by atoms with Crippen LogP contribution in [0.1, 0.15) is 21.6 Å². The second-order valence-electron chi connectivity index (χ2n) is 7.05. The van der Waals surface area contributed by atoms with Crippen LogP contribution < -0.4 is 16.2 Å². The second kappa shape index (κ2) is 7.92. The van der Waals surface area contributed by atoms with Crippen molar-refractivity contribution in [3.05, 3.63) is 86.4 Å². The number of alkyl halides is 3. The molecule has 170 valence electrons. The molecule has 1 aliphatic rings. The smallest absolute Gasteiger partial charge is 0.326 e. The molecule has 4 rings (SSSR count). The minimum Gasteiger partial charge on any atom is -0.326 e. The molecule has 0 saturated carbocycles. The van der Waals surface area contributed by atoms with Gasteiger partial charge in [-0.05, 0) is 48.6 Å². The number of nitrogens with zero attached hydrogens (tertiary/aromatic N) is 2. The van der Waals surface area contributed by atoms with Crippen LogP contribution in [0.3, 0.4) is 0 Å². The molecule has 0 bridgehead atoms. The van der Waals surface area contributed by atoms with E-state index >= 15 is 0 Å². The molecule has 0 fully saturated rings. The lowest BCUT2D eigenvalue weighted by Crippen LogP contribution is -2.61. The molecule has 1 atom stereocenters. The Morgan fingerprint density at radius 2 is 1.85 bits per heavy atom. The van der Waals surface area contributed by atoms with E-state index in [1.54, 1.807) is 23.5 Å². The number of pyridine rings is 1. The maximum Gasteiger partial charge on any atom is 0.425 e. The van der Waals surface area contributed by atoms with Crippen LogP contribution in [0.15, 0.2) is 53.5 Å². The molecule has 1 aromatic carbocycles. The van der Waals surface area contributed by atoms with E-state index in [0.717, 1.165) is 28.8 Å². The number of halogens is 4. The van der Waals surface area contributed by atoms with E-state index < -0.39 is 46.3 Å².